The molecule has 0 aromatic heterocycles. The van der Waals surface area contributed by atoms with Crippen molar-refractivity contribution in [3.8, 4) is 0 Å². The Labute approximate surface area is 148 Å². The minimum absolute atomic E-state index is 0.143. The summed E-state index contributed by atoms with van der Waals surface area (Å²) in [6, 6.07) is 0. The van der Waals surface area contributed by atoms with Crippen molar-refractivity contribution in [1.82, 2.24) is 0 Å². The summed E-state index contributed by atoms with van der Waals surface area (Å²) < 4.78 is 0. The largest absolute Gasteiger partial charge is 0.393 e. The molecule has 0 aliphatic heterocycles. The van der Waals surface area contributed by atoms with Gasteiger partial charge in [-0.3, -0.25) is 0 Å². The fourth-order valence-corrected chi connectivity index (χ4v) is 8.11. The van der Waals surface area contributed by atoms with Crippen LogP contribution in [0.25, 0.3) is 0 Å². The lowest BCUT2D eigenvalue weighted by Gasteiger charge is -2.61. The van der Waals surface area contributed by atoms with Crippen LogP contribution in [0.3, 0.4) is 0 Å². The van der Waals surface area contributed by atoms with Crippen molar-refractivity contribution in [2.75, 3.05) is 0 Å². The Hall–Kier alpha value is -0.0800. The molecule has 2 nitrogen and oxygen atoms in total. The van der Waals surface area contributed by atoms with Crippen molar-refractivity contribution >= 4 is 0 Å². The maximum absolute atomic E-state index is 10.5. The monoisotopic (exact) mass is 334 g/mol. The van der Waals surface area contributed by atoms with Gasteiger partial charge in [-0.1, -0.05) is 13.3 Å². The summed E-state index contributed by atoms with van der Waals surface area (Å²) in [6.07, 6.45) is 12.5. The highest BCUT2D eigenvalue weighted by Crippen LogP contribution is 2.63. The third-order valence-corrected chi connectivity index (χ3v) is 9.13. The summed E-state index contributed by atoms with van der Waals surface area (Å²) >= 11 is 0. The van der Waals surface area contributed by atoms with Crippen molar-refractivity contribution in [3.05, 3.63) is 0 Å². The van der Waals surface area contributed by atoms with Gasteiger partial charge in [0.25, 0.3) is 0 Å². The van der Waals surface area contributed by atoms with Gasteiger partial charge in [0.2, 0.25) is 0 Å². The molecule has 0 aromatic rings. The Morgan fingerprint density at radius 3 is 2.38 bits per heavy atom. The summed E-state index contributed by atoms with van der Waals surface area (Å²) in [5.41, 5.74) is -0.0278. The van der Waals surface area contributed by atoms with Gasteiger partial charge in [-0.25, -0.2) is 0 Å². The fourth-order valence-electron chi connectivity index (χ4n) is 8.11. The molecular weight excluding hydrogens is 296 g/mol. The molecule has 24 heavy (non-hydrogen) atoms. The van der Waals surface area contributed by atoms with E-state index in [0.29, 0.717) is 11.3 Å². The Kier molecular flexibility index (Phi) is 4.32. The first-order valence-electron chi connectivity index (χ1n) is 10.7. The van der Waals surface area contributed by atoms with Gasteiger partial charge in [0, 0.05) is 0 Å². The first kappa shape index (κ1) is 17.3. The lowest BCUT2D eigenvalue weighted by atomic mass is 9.44. The van der Waals surface area contributed by atoms with Crippen LogP contribution in [0.15, 0.2) is 0 Å². The molecule has 2 heteroatoms. The van der Waals surface area contributed by atoms with Gasteiger partial charge in [-0.15, -0.1) is 0 Å². The maximum atomic E-state index is 10.5. The zero-order chi connectivity index (χ0) is 17.1. The predicted molar refractivity (Wildman–Crippen MR) is 97.5 cm³/mol. The molecule has 2 N–H and O–H groups in total. The van der Waals surface area contributed by atoms with Gasteiger partial charge in [0.15, 0.2) is 0 Å². The van der Waals surface area contributed by atoms with Crippen LogP contribution in [-0.2, 0) is 0 Å². The van der Waals surface area contributed by atoms with Crippen molar-refractivity contribution in [1.29, 1.82) is 0 Å². The van der Waals surface area contributed by atoms with Gasteiger partial charge >= 0.3 is 0 Å². The number of fused-ring (bicyclic) bond motifs is 5. The highest BCUT2D eigenvalue weighted by molar-refractivity contribution is 5.06. The summed E-state index contributed by atoms with van der Waals surface area (Å²) in [7, 11) is 0. The van der Waals surface area contributed by atoms with Crippen LogP contribution >= 0.6 is 0 Å². The molecule has 2 unspecified atom stereocenters. The first-order valence-corrected chi connectivity index (χ1v) is 10.7. The average molecular weight is 335 g/mol. The van der Waals surface area contributed by atoms with Crippen molar-refractivity contribution < 1.29 is 10.2 Å². The molecule has 0 saturated heterocycles. The van der Waals surface area contributed by atoms with E-state index in [1.54, 1.807) is 0 Å². The number of rotatable bonds is 1. The van der Waals surface area contributed by atoms with Crippen molar-refractivity contribution in [2.45, 2.75) is 96.7 Å². The Morgan fingerprint density at radius 1 is 0.875 bits per heavy atom. The van der Waals surface area contributed by atoms with E-state index in [4.69, 9.17) is 0 Å². The first-order chi connectivity index (χ1) is 11.3. The van der Waals surface area contributed by atoms with Crippen LogP contribution < -0.4 is 0 Å². The number of aliphatic hydroxyl groups excluding tert-OH is 1. The number of hydrogen-bond acceptors (Lipinski definition) is 2. The molecule has 4 aliphatic rings. The van der Waals surface area contributed by atoms with E-state index in [2.05, 4.69) is 13.8 Å². The molecule has 0 amide bonds. The van der Waals surface area contributed by atoms with Gasteiger partial charge in [0.05, 0.1) is 11.7 Å². The molecule has 0 spiro atoms. The predicted octanol–water partition coefficient (Wildman–Crippen LogP) is 4.78. The standard InChI is InChI=1S/C22H38O2/c1-14(23)19-5-4-6-20-18-8-7-15-13-21(2,24)11-9-16(15)17(18)10-12-22(19,20)3/h14-20,23-24H,4-13H2,1-3H3/t14?,15-,16+,17-,18-,19?,20+,21-,22-/m1/s1. The third kappa shape index (κ3) is 2.67. The van der Waals surface area contributed by atoms with E-state index in [9.17, 15) is 10.2 Å². The minimum atomic E-state index is -0.403. The molecule has 0 heterocycles. The lowest BCUT2D eigenvalue weighted by molar-refractivity contribution is -0.141. The molecule has 9 atom stereocenters. The SMILES string of the molecule is CC(O)C1CCC[C@H]2[C@@H]3CC[C@@H]4C[C@](C)(O)CC[C@@H]4[C@H]3CC[C@]12C. The molecule has 4 rings (SSSR count). The quantitative estimate of drug-likeness (QED) is 0.724. The molecule has 4 aliphatic carbocycles. The van der Waals surface area contributed by atoms with Crippen LogP contribution in [0.1, 0.15) is 85.0 Å². The van der Waals surface area contributed by atoms with E-state index in [0.717, 1.165) is 42.4 Å². The Bertz CT molecular complexity index is 471. The molecule has 0 aromatic carbocycles. The zero-order valence-corrected chi connectivity index (χ0v) is 16.0. The van der Waals surface area contributed by atoms with Crippen LogP contribution in [0.2, 0.25) is 0 Å². The minimum Gasteiger partial charge on any atom is -0.393 e. The highest BCUT2D eigenvalue weighted by Gasteiger charge is 2.56. The van der Waals surface area contributed by atoms with Crippen LogP contribution in [0, 0.1) is 40.9 Å². The summed E-state index contributed by atoms with van der Waals surface area (Å²) in [4.78, 5) is 0. The van der Waals surface area contributed by atoms with Crippen LogP contribution in [0.4, 0.5) is 0 Å². The molecule has 4 saturated carbocycles. The fraction of sp³-hybridized carbons (Fsp3) is 1.00. The van der Waals surface area contributed by atoms with Crippen molar-refractivity contribution in [3.63, 3.8) is 0 Å². The third-order valence-electron chi connectivity index (χ3n) is 9.13. The second-order valence-corrected chi connectivity index (χ2v) is 10.5. The van der Waals surface area contributed by atoms with Crippen LogP contribution in [0.5, 0.6) is 0 Å². The van der Waals surface area contributed by atoms with E-state index in [-0.39, 0.29) is 6.10 Å². The molecule has 0 radical (unpaired) electrons. The van der Waals surface area contributed by atoms with E-state index >= 15 is 0 Å². The van der Waals surface area contributed by atoms with Crippen LogP contribution in [-0.4, -0.2) is 21.9 Å². The summed E-state index contributed by atoms with van der Waals surface area (Å²) in [5, 5.41) is 20.9. The molecular formula is C22H38O2. The normalized spacial score (nSPS) is 55.9. The zero-order valence-electron chi connectivity index (χ0n) is 16.0. The Balaban J connectivity index is 1.56. The summed E-state index contributed by atoms with van der Waals surface area (Å²) in [6.45, 7) is 6.61. The highest BCUT2D eigenvalue weighted by atomic mass is 16.3. The van der Waals surface area contributed by atoms with Gasteiger partial charge in [-0.05, 0) is 113 Å². The van der Waals surface area contributed by atoms with Gasteiger partial charge in [0.1, 0.15) is 0 Å². The topological polar surface area (TPSA) is 40.5 Å². The molecule has 138 valence electrons. The van der Waals surface area contributed by atoms with E-state index in [1.165, 1.54) is 51.4 Å². The van der Waals surface area contributed by atoms with Gasteiger partial charge in [-0.2, -0.15) is 0 Å². The maximum Gasteiger partial charge on any atom is 0.0622 e. The van der Waals surface area contributed by atoms with E-state index < -0.39 is 5.60 Å². The number of aliphatic hydroxyl groups is 2. The second-order valence-electron chi connectivity index (χ2n) is 10.5. The second kappa shape index (κ2) is 5.98. The molecule has 0 bridgehead atoms. The van der Waals surface area contributed by atoms with E-state index in [1.807, 2.05) is 6.92 Å². The van der Waals surface area contributed by atoms with Crippen molar-refractivity contribution in [2.24, 2.45) is 40.9 Å². The van der Waals surface area contributed by atoms with Gasteiger partial charge < -0.3 is 10.2 Å². The Morgan fingerprint density at radius 2 is 1.62 bits per heavy atom. The average Bonchev–Trinajstić information content (AvgIpc) is 2.51. The summed E-state index contributed by atoms with van der Waals surface area (Å²) in [5.74, 6) is 4.81. The number of hydrogen-bond donors (Lipinski definition) is 2. The lowest BCUT2D eigenvalue weighted by Crippen LogP contribution is -2.55. The smallest absolute Gasteiger partial charge is 0.0622 e. The molecule has 4 fully saturated rings.